The third-order valence-corrected chi connectivity index (χ3v) is 3.80. The summed E-state index contributed by atoms with van der Waals surface area (Å²) in [4.78, 5) is 12.0. The van der Waals surface area contributed by atoms with Gasteiger partial charge < -0.3 is 11.1 Å². The van der Waals surface area contributed by atoms with Gasteiger partial charge in [-0.25, -0.2) is 0 Å². The number of nitrogens with one attached hydrogen (secondary N) is 1. The highest BCUT2D eigenvalue weighted by atomic mass is 35.5. The maximum Gasteiger partial charge on any atom is 0.271 e. The summed E-state index contributed by atoms with van der Waals surface area (Å²) in [5.74, 6) is -0.130. The number of carbonyl (C=O) groups is 1. The average molecular weight is 287 g/mol. The zero-order chi connectivity index (χ0) is 13.2. The Hall–Kier alpha value is -1.07. The number of aromatic nitrogens is 2. The first-order valence-electron chi connectivity index (χ1n) is 6.58. The van der Waals surface area contributed by atoms with Crippen LogP contribution in [0.15, 0.2) is 6.07 Å². The Morgan fingerprint density at radius 3 is 2.63 bits per heavy atom. The molecule has 0 spiro atoms. The molecule has 3 N–H and O–H groups in total. The van der Waals surface area contributed by atoms with Gasteiger partial charge in [0.15, 0.2) is 0 Å². The van der Waals surface area contributed by atoms with Gasteiger partial charge in [0, 0.05) is 24.8 Å². The highest BCUT2D eigenvalue weighted by molar-refractivity contribution is 5.92. The molecule has 0 atom stereocenters. The van der Waals surface area contributed by atoms with Gasteiger partial charge in [-0.3, -0.25) is 9.48 Å². The zero-order valence-electron chi connectivity index (χ0n) is 11.6. The number of rotatable bonds is 3. The Labute approximate surface area is 120 Å². The second kappa shape index (κ2) is 6.39. The molecule has 0 aromatic carbocycles. The van der Waals surface area contributed by atoms with Crippen LogP contribution in [0, 0.1) is 6.92 Å². The molecule has 0 radical (unpaired) electrons. The largest absolute Gasteiger partial charge is 0.349 e. The van der Waals surface area contributed by atoms with E-state index < -0.39 is 0 Å². The van der Waals surface area contributed by atoms with Crippen LogP contribution in [-0.2, 0) is 7.05 Å². The second-order valence-electron chi connectivity index (χ2n) is 5.40. The van der Waals surface area contributed by atoms with E-state index in [4.69, 9.17) is 5.73 Å². The van der Waals surface area contributed by atoms with Gasteiger partial charge in [-0.1, -0.05) is 19.3 Å². The standard InChI is InChI=1S/C13H22N4O.ClH/c1-10-8-11(16-17(10)2)12(18)15-9-13(14)6-4-3-5-7-13;/h8H,3-7,9,14H2,1-2H3,(H,15,18);1H. The molecule has 1 aliphatic carbocycles. The second-order valence-corrected chi connectivity index (χ2v) is 5.40. The Kier molecular flexibility index (Phi) is 5.38. The lowest BCUT2D eigenvalue weighted by atomic mass is 9.82. The van der Waals surface area contributed by atoms with Crippen LogP contribution in [0.4, 0.5) is 0 Å². The molecule has 2 rings (SSSR count). The number of carbonyl (C=O) groups excluding carboxylic acids is 1. The molecular formula is C13H23ClN4O. The van der Waals surface area contributed by atoms with E-state index in [0.717, 1.165) is 31.4 Å². The number of hydrogen-bond donors (Lipinski definition) is 2. The van der Waals surface area contributed by atoms with Gasteiger partial charge in [-0.05, 0) is 25.8 Å². The van der Waals surface area contributed by atoms with Gasteiger partial charge in [0.05, 0.1) is 0 Å². The fourth-order valence-electron chi connectivity index (χ4n) is 2.45. The van der Waals surface area contributed by atoms with Crippen molar-refractivity contribution in [2.45, 2.75) is 44.6 Å². The van der Waals surface area contributed by atoms with Crippen LogP contribution in [-0.4, -0.2) is 27.8 Å². The molecule has 0 bridgehead atoms. The van der Waals surface area contributed by atoms with Crippen LogP contribution in [0.25, 0.3) is 0 Å². The molecule has 1 fully saturated rings. The Morgan fingerprint density at radius 1 is 1.47 bits per heavy atom. The lowest BCUT2D eigenvalue weighted by Gasteiger charge is -2.33. The van der Waals surface area contributed by atoms with Crippen molar-refractivity contribution in [3.63, 3.8) is 0 Å². The van der Waals surface area contributed by atoms with E-state index in [0.29, 0.717) is 12.2 Å². The molecule has 5 nitrogen and oxygen atoms in total. The number of amides is 1. The summed E-state index contributed by atoms with van der Waals surface area (Å²) in [6.07, 6.45) is 5.57. The molecule has 19 heavy (non-hydrogen) atoms. The maximum atomic E-state index is 12.0. The topological polar surface area (TPSA) is 72.9 Å². The molecule has 1 aromatic rings. The molecule has 0 aliphatic heterocycles. The molecule has 1 saturated carbocycles. The average Bonchev–Trinajstić information content (AvgIpc) is 2.68. The Morgan fingerprint density at radius 2 is 2.11 bits per heavy atom. The van der Waals surface area contributed by atoms with Gasteiger partial charge in [0.25, 0.3) is 5.91 Å². The van der Waals surface area contributed by atoms with Gasteiger partial charge >= 0.3 is 0 Å². The van der Waals surface area contributed by atoms with Crippen molar-refractivity contribution in [1.29, 1.82) is 0 Å². The van der Waals surface area contributed by atoms with Crippen molar-refractivity contribution < 1.29 is 4.79 Å². The summed E-state index contributed by atoms with van der Waals surface area (Å²) in [7, 11) is 1.83. The Balaban J connectivity index is 0.00000180. The minimum atomic E-state index is -0.224. The van der Waals surface area contributed by atoms with E-state index in [1.165, 1.54) is 6.42 Å². The molecular weight excluding hydrogens is 264 g/mol. The summed E-state index contributed by atoms with van der Waals surface area (Å²) in [5.41, 5.74) is 7.50. The number of nitrogens with two attached hydrogens (primary N) is 1. The maximum absolute atomic E-state index is 12.0. The summed E-state index contributed by atoms with van der Waals surface area (Å²) in [5, 5.41) is 7.07. The van der Waals surface area contributed by atoms with Gasteiger partial charge in [0.1, 0.15) is 5.69 Å². The molecule has 0 saturated heterocycles. The van der Waals surface area contributed by atoms with Crippen molar-refractivity contribution in [2.75, 3.05) is 6.54 Å². The van der Waals surface area contributed by atoms with E-state index in [-0.39, 0.29) is 23.9 Å². The molecule has 1 amide bonds. The number of nitrogens with zero attached hydrogens (tertiary/aromatic N) is 2. The normalized spacial score (nSPS) is 17.6. The van der Waals surface area contributed by atoms with Crippen molar-refractivity contribution in [1.82, 2.24) is 15.1 Å². The van der Waals surface area contributed by atoms with Crippen LogP contribution in [0.5, 0.6) is 0 Å². The molecule has 6 heteroatoms. The monoisotopic (exact) mass is 286 g/mol. The lowest BCUT2D eigenvalue weighted by Crippen LogP contribution is -2.51. The molecule has 1 aromatic heterocycles. The summed E-state index contributed by atoms with van der Waals surface area (Å²) in [6.45, 7) is 2.47. The predicted molar refractivity (Wildman–Crippen MR) is 77.5 cm³/mol. The van der Waals surface area contributed by atoms with Crippen LogP contribution in [0.2, 0.25) is 0 Å². The van der Waals surface area contributed by atoms with Crippen LogP contribution < -0.4 is 11.1 Å². The van der Waals surface area contributed by atoms with Crippen LogP contribution in [0.1, 0.15) is 48.3 Å². The highest BCUT2D eigenvalue weighted by Gasteiger charge is 2.28. The highest BCUT2D eigenvalue weighted by Crippen LogP contribution is 2.25. The molecule has 0 unspecified atom stereocenters. The zero-order valence-corrected chi connectivity index (χ0v) is 12.4. The number of halogens is 1. The van der Waals surface area contributed by atoms with Gasteiger partial charge in [-0.2, -0.15) is 5.10 Å². The van der Waals surface area contributed by atoms with E-state index in [9.17, 15) is 4.79 Å². The van der Waals surface area contributed by atoms with Crippen LogP contribution >= 0.6 is 12.4 Å². The molecule has 1 aliphatic rings. The first-order valence-corrected chi connectivity index (χ1v) is 6.58. The number of aryl methyl sites for hydroxylation is 2. The number of hydrogen-bond acceptors (Lipinski definition) is 3. The van der Waals surface area contributed by atoms with Gasteiger partial charge in [-0.15, -0.1) is 12.4 Å². The smallest absolute Gasteiger partial charge is 0.271 e. The fourth-order valence-corrected chi connectivity index (χ4v) is 2.45. The van der Waals surface area contributed by atoms with E-state index in [2.05, 4.69) is 10.4 Å². The molecule has 108 valence electrons. The van der Waals surface area contributed by atoms with Crippen molar-refractivity contribution in [3.8, 4) is 0 Å². The first-order chi connectivity index (χ1) is 8.50. The summed E-state index contributed by atoms with van der Waals surface area (Å²) in [6, 6.07) is 1.79. The third-order valence-electron chi connectivity index (χ3n) is 3.80. The van der Waals surface area contributed by atoms with Crippen molar-refractivity contribution >= 4 is 18.3 Å². The summed E-state index contributed by atoms with van der Waals surface area (Å²) < 4.78 is 1.70. The lowest BCUT2D eigenvalue weighted by molar-refractivity contribution is 0.0932. The van der Waals surface area contributed by atoms with E-state index >= 15 is 0 Å². The Bertz CT molecular complexity index is 418. The fraction of sp³-hybridized carbons (Fsp3) is 0.692. The minimum Gasteiger partial charge on any atom is -0.349 e. The SMILES string of the molecule is Cc1cc(C(=O)NCC2(N)CCCCC2)nn1C.Cl. The predicted octanol–water partition coefficient (Wildman–Crippen LogP) is 1.54. The molecule has 1 heterocycles. The first kappa shape index (κ1) is 16.0. The van der Waals surface area contributed by atoms with E-state index in [1.807, 2.05) is 14.0 Å². The third kappa shape index (κ3) is 3.94. The van der Waals surface area contributed by atoms with Crippen LogP contribution in [0.3, 0.4) is 0 Å². The van der Waals surface area contributed by atoms with Gasteiger partial charge in [0.2, 0.25) is 0 Å². The van der Waals surface area contributed by atoms with Crippen molar-refractivity contribution in [2.24, 2.45) is 12.8 Å². The van der Waals surface area contributed by atoms with Crippen molar-refractivity contribution in [3.05, 3.63) is 17.5 Å². The van der Waals surface area contributed by atoms with E-state index in [1.54, 1.807) is 10.7 Å². The minimum absolute atomic E-state index is 0. The quantitative estimate of drug-likeness (QED) is 0.885. The summed E-state index contributed by atoms with van der Waals surface area (Å²) >= 11 is 0.